The minimum Gasteiger partial charge on any atom is -0.327 e. The Bertz CT molecular complexity index is 592. The molecule has 2 N–H and O–H groups in total. The van der Waals surface area contributed by atoms with E-state index < -0.39 is 0 Å². The van der Waals surface area contributed by atoms with Gasteiger partial charge in [0.25, 0.3) is 0 Å². The van der Waals surface area contributed by atoms with Gasteiger partial charge in [-0.3, -0.25) is 0 Å². The number of hydrogen-bond acceptors (Lipinski definition) is 4. The molecule has 1 aromatic heterocycles. The van der Waals surface area contributed by atoms with Crippen LogP contribution in [0.25, 0.3) is 0 Å². The van der Waals surface area contributed by atoms with E-state index in [4.69, 9.17) is 5.73 Å². The van der Waals surface area contributed by atoms with Gasteiger partial charge in [0.05, 0.1) is 0 Å². The summed E-state index contributed by atoms with van der Waals surface area (Å²) >= 11 is 0. The Morgan fingerprint density at radius 3 is 2.43 bits per heavy atom. The van der Waals surface area contributed by atoms with Crippen molar-refractivity contribution < 1.29 is 0 Å². The quantitative estimate of drug-likeness (QED) is 0.916. The highest BCUT2D eigenvalue weighted by molar-refractivity contribution is 5.61. The Morgan fingerprint density at radius 2 is 1.86 bits per heavy atom. The van der Waals surface area contributed by atoms with E-state index in [0.29, 0.717) is 5.95 Å². The lowest BCUT2D eigenvalue weighted by Gasteiger charge is -2.20. The second-order valence-corrected chi connectivity index (χ2v) is 5.61. The van der Waals surface area contributed by atoms with E-state index in [0.717, 1.165) is 24.1 Å². The second-order valence-electron chi connectivity index (χ2n) is 5.61. The molecule has 0 aliphatic carbocycles. The van der Waals surface area contributed by atoms with Crippen LogP contribution in [0, 0.1) is 13.8 Å². The molecule has 4 heteroatoms. The van der Waals surface area contributed by atoms with E-state index in [1.807, 2.05) is 24.3 Å². The van der Waals surface area contributed by atoms with Gasteiger partial charge in [0.2, 0.25) is 5.95 Å². The Hall–Kier alpha value is -1.94. The number of nitrogens with two attached hydrogens (primary N) is 1. The molecular formula is C17H24N4. The highest BCUT2D eigenvalue weighted by Crippen LogP contribution is 2.24. The highest BCUT2D eigenvalue weighted by Gasteiger charge is 2.10. The number of rotatable bonds is 5. The lowest BCUT2D eigenvalue weighted by molar-refractivity contribution is 0.643. The van der Waals surface area contributed by atoms with Crippen LogP contribution in [-0.4, -0.2) is 23.1 Å². The first-order valence-electron chi connectivity index (χ1n) is 7.38. The number of hydrogen-bond donors (Lipinski definition) is 1. The smallest absolute Gasteiger partial charge is 0.229 e. The average molecular weight is 284 g/mol. The van der Waals surface area contributed by atoms with Crippen molar-refractivity contribution in [2.45, 2.75) is 39.7 Å². The predicted molar refractivity (Wildman–Crippen MR) is 88.0 cm³/mol. The first-order valence-corrected chi connectivity index (χ1v) is 7.38. The van der Waals surface area contributed by atoms with Gasteiger partial charge in [-0.2, -0.15) is 0 Å². The first kappa shape index (κ1) is 15.4. The third kappa shape index (κ3) is 3.79. The molecule has 112 valence electrons. The van der Waals surface area contributed by atoms with E-state index in [1.165, 1.54) is 11.1 Å². The maximum atomic E-state index is 5.96. The van der Waals surface area contributed by atoms with Crippen LogP contribution in [0.3, 0.4) is 0 Å². The first-order chi connectivity index (χ1) is 10.0. The fourth-order valence-corrected chi connectivity index (χ4v) is 2.36. The summed E-state index contributed by atoms with van der Waals surface area (Å²) in [6.07, 6.45) is 5.53. The van der Waals surface area contributed by atoms with Crippen LogP contribution in [0.15, 0.2) is 30.6 Å². The van der Waals surface area contributed by atoms with Crippen molar-refractivity contribution in [1.82, 2.24) is 9.97 Å². The van der Waals surface area contributed by atoms with Gasteiger partial charge in [-0.15, -0.1) is 0 Å². The van der Waals surface area contributed by atoms with Crippen LogP contribution in [-0.2, 0) is 6.42 Å². The lowest BCUT2D eigenvalue weighted by atomic mass is 10.1. The molecule has 0 bridgehead atoms. The topological polar surface area (TPSA) is 55.0 Å². The molecule has 1 heterocycles. The Kier molecular flexibility index (Phi) is 4.91. The highest BCUT2D eigenvalue weighted by atomic mass is 15.2. The summed E-state index contributed by atoms with van der Waals surface area (Å²) in [6, 6.07) is 6.56. The number of anilines is 2. The Labute approximate surface area is 127 Å². The standard InChI is InChI=1S/C17H24N4/c1-5-15(18)9-14-10-19-17(20-11-14)21(4)16-7-6-12(2)8-13(16)3/h6-8,10-11,15H,5,9,18H2,1-4H3. The monoisotopic (exact) mass is 284 g/mol. The molecule has 21 heavy (non-hydrogen) atoms. The van der Waals surface area contributed by atoms with Crippen molar-refractivity contribution in [3.8, 4) is 0 Å². The summed E-state index contributed by atoms with van der Waals surface area (Å²) in [6.45, 7) is 6.29. The molecule has 2 aromatic rings. The molecule has 4 nitrogen and oxygen atoms in total. The van der Waals surface area contributed by atoms with Gasteiger partial charge in [0.15, 0.2) is 0 Å². The average Bonchev–Trinajstić information content (AvgIpc) is 2.47. The maximum absolute atomic E-state index is 5.96. The van der Waals surface area contributed by atoms with Crippen LogP contribution >= 0.6 is 0 Å². The molecule has 0 saturated heterocycles. The molecule has 1 aromatic carbocycles. The Balaban J connectivity index is 2.17. The summed E-state index contributed by atoms with van der Waals surface area (Å²) in [4.78, 5) is 10.9. The number of aryl methyl sites for hydroxylation is 2. The Morgan fingerprint density at radius 1 is 1.19 bits per heavy atom. The number of nitrogens with zero attached hydrogens (tertiary/aromatic N) is 3. The van der Waals surface area contributed by atoms with Crippen molar-refractivity contribution in [3.63, 3.8) is 0 Å². The summed E-state index contributed by atoms with van der Waals surface area (Å²) in [7, 11) is 1.99. The molecule has 0 aliphatic heterocycles. The van der Waals surface area contributed by atoms with E-state index in [1.54, 1.807) is 0 Å². The maximum Gasteiger partial charge on any atom is 0.229 e. The molecule has 0 aliphatic rings. The SMILES string of the molecule is CCC(N)Cc1cnc(N(C)c2ccc(C)cc2C)nc1. The number of benzene rings is 1. The van der Waals surface area contributed by atoms with Crippen molar-refractivity contribution in [1.29, 1.82) is 0 Å². The summed E-state index contributed by atoms with van der Waals surface area (Å²) in [5.41, 5.74) is 10.7. The molecule has 1 atom stereocenters. The second kappa shape index (κ2) is 6.68. The van der Waals surface area contributed by atoms with Crippen LogP contribution in [0.4, 0.5) is 11.6 Å². The van der Waals surface area contributed by atoms with Gasteiger partial charge < -0.3 is 10.6 Å². The summed E-state index contributed by atoms with van der Waals surface area (Å²) in [5.74, 6) is 0.704. The fraction of sp³-hybridized carbons (Fsp3) is 0.412. The zero-order chi connectivity index (χ0) is 15.4. The minimum absolute atomic E-state index is 0.177. The van der Waals surface area contributed by atoms with E-state index in [-0.39, 0.29) is 6.04 Å². The normalized spacial score (nSPS) is 12.2. The van der Waals surface area contributed by atoms with Crippen LogP contribution in [0.5, 0.6) is 0 Å². The van der Waals surface area contributed by atoms with Gasteiger partial charge in [-0.25, -0.2) is 9.97 Å². The van der Waals surface area contributed by atoms with Gasteiger partial charge in [-0.05, 0) is 43.9 Å². The van der Waals surface area contributed by atoms with Crippen LogP contribution in [0.1, 0.15) is 30.0 Å². The van der Waals surface area contributed by atoms with Crippen molar-refractivity contribution >= 4 is 11.6 Å². The third-order valence-corrected chi connectivity index (χ3v) is 3.73. The largest absolute Gasteiger partial charge is 0.327 e. The van der Waals surface area contributed by atoms with Crippen molar-refractivity contribution in [3.05, 3.63) is 47.3 Å². The van der Waals surface area contributed by atoms with Gasteiger partial charge >= 0.3 is 0 Å². The predicted octanol–water partition coefficient (Wildman–Crippen LogP) is 3.14. The summed E-state index contributed by atoms with van der Waals surface area (Å²) < 4.78 is 0. The van der Waals surface area contributed by atoms with E-state index in [9.17, 15) is 0 Å². The van der Waals surface area contributed by atoms with Gasteiger partial charge in [0, 0.05) is 31.2 Å². The summed E-state index contributed by atoms with van der Waals surface area (Å²) in [5, 5.41) is 0. The molecule has 0 spiro atoms. The van der Waals surface area contributed by atoms with Crippen molar-refractivity contribution in [2.24, 2.45) is 5.73 Å². The molecule has 2 rings (SSSR count). The lowest BCUT2D eigenvalue weighted by Crippen LogP contribution is -2.22. The van der Waals surface area contributed by atoms with E-state index in [2.05, 4.69) is 48.9 Å². The molecule has 0 amide bonds. The van der Waals surface area contributed by atoms with Crippen LogP contribution in [0.2, 0.25) is 0 Å². The third-order valence-electron chi connectivity index (χ3n) is 3.73. The van der Waals surface area contributed by atoms with Gasteiger partial charge in [0.1, 0.15) is 0 Å². The fourth-order valence-electron chi connectivity index (χ4n) is 2.36. The van der Waals surface area contributed by atoms with E-state index >= 15 is 0 Å². The molecule has 0 fully saturated rings. The molecule has 0 saturated carbocycles. The molecular weight excluding hydrogens is 260 g/mol. The zero-order valence-corrected chi connectivity index (χ0v) is 13.3. The zero-order valence-electron chi connectivity index (χ0n) is 13.3. The number of aromatic nitrogens is 2. The van der Waals surface area contributed by atoms with Crippen molar-refractivity contribution in [2.75, 3.05) is 11.9 Å². The molecule has 1 unspecified atom stereocenters. The van der Waals surface area contributed by atoms with Crippen LogP contribution < -0.4 is 10.6 Å². The van der Waals surface area contributed by atoms with Gasteiger partial charge in [-0.1, -0.05) is 24.6 Å². The minimum atomic E-state index is 0.177. The molecule has 0 radical (unpaired) electrons.